The minimum atomic E-state index is 0.177. The van der Waals surface area contributed by atoms with Gasteiger partial charge in [0.15, 0.2) is 0 Å². The lowest BCUT2D eigenvalue weighted by molar-refractivity contribution is 0.160. The molecule has 0 bridgehead atoms. The molecule has 0 aromatic rings. The molecule has 1 rings (SSSR count). The highest BCUT2D eigenvalue weighted by Gasteiger charge is 2.19. The predicted molar refractivity (Wildman–Crippen MR) is 56.3 cm³/mol. The van der Waals surface area contributed by atoms with E-state index in [4.69, 9.17) is 10.2 Å². The Kier molecular flexibility index (Phi) is 6.10. The second-order valence-electron chi connectivity index (χ2n) is 3.87. The maximum absolute atomic E-state index is 8.78. The van der Waals surface area contributed by atoms with Gasteiger partial charge in [0.25, 0.3) is 0 Å². The van der Waals surface area contributed by atoms with Gasteiger partial charge < -0.3 is 15.5 Å². The maximum Gasteiger partial charge on any atom is 0.0558 e. The first-order valence-electron chi connectivity index (χ1n) is 5.54. The van der Waals surface area contributed by atoms with Crippen molar-refractivity contribution in [2.45, 2.75) is 25.3 Å². The number of nitrogens with one attached hydrogen (secondary N) is 1. The van der Waals surface area contributed by atoms with Crippen molar-refractivity contribution in [2.75, 3.05) is 39.4 Å². The molecule has 0 aromatic carbocycles. The summed E-state index contributed by atoms with van der Waals surface area (Å²) in [6.45, 7) is 3.71. The molecule has 1 saturated carbocycles. The fourth-order valence-electron chi connectivity index (χ4n) is 1.51. The Hall–Kier alpha value is -0.160. The van der Waals surface area contributed by atoms with E-state index in [1.54, 1.807) is 0 Å². The van der Waals surface area contributed by atoms with Gasteiger partial charge in [-0.3, -0.25) is 4.90 Å². The van der Waals surface area contributed by atoms with Gasteiger partial charge in [-0.2, -0.15) is 0 Å². The predicted octanol–water partition coefficient (Wildman–Crippen LogP) is -0.585. The molecule has 0 heterocycles. The van der Waals surface area contributed by atoms with Gasteiger partial charge in [-0.15, -0.1) is 0 Å². The van der Waals surface area contributed by atoms with E-state index < -0.39 is 0 Å². The standard InChI is InChI=1S/C10H22N2O2/c13-8-6-12(7-9-14)5-1-4-11-10-2-3-10/h10-11,13-14H,1-9H2. The number of rotatable bonds is 9. The van der Waals surface area contributed by atoms with Crippen molar-refractivity contribution in [1.29, 1.82) is 0 Å². The molecular weight excluding hydrogens is 180 g/mol. The highest BCUT2D eigenvalue weighted by Crippen LogP contribution is 2.18. The second kappa shape index (κ2) is 7.17. The van der Waals surface area contributed by atoms with Crippen LogP contribution in [0.2, 0.25) is 0 Å². The third kappa shape index (κ3) is 5.54. The van der Waals surface area contributed by atoms with Crippen LogP contribution in [0.4, 0.5) is 0 Å². The van der Waals surface area contributed by atoms with E-state index in [0.29, 0.717) is 13.1 Å². The molecule has 3 N–H and O–H groups in total. The highest BCUT2D eigenvalue weighted by atomic mass is 16.3. The summed E-state index contributed by atoms with van der Waals surface area (Å²) in [4.78, 5) is 2.09. The molecule has 84 valence electrons. The number of aliphatic hydroxyl groups excluding tert-OH is 2. The molecule has 0 aromatic heterocycles. The lowest BCUT2D eigenvalue weighted by Gasteiger charge is -2.19. The van der Waals surface area contributed by atoms with Gasteiger partial charge in [0.1, 0.15) is 0 Å². The molecule has 0 spiro atoms. The largest absolute Gasteiger partial charge is 0.395 e. The summed E-state index contributed by atoms with van der Waals surface area (Å²) in [6.07, 6.45) is 3.75. The fraction of sp³-hybridized carbons (Fsp3) is 1.00. The van der Waals surface area contributed by atoms with Gasteiger partial charge in [-0.1, -0.05) is 0 Å². The third-order valence-electron chi connectivity index (χ3n) is 2.49. The monoisotopic (exact) mass is 202 g/mol. The molecule has 0 unspecified atom stereocenters. The summed E-state index contributed by atoms with van der Waals surface area (Å²) >= 11 is 0. The molecule has 0 atom stereocenters. The average Bonchev–Trinajstić information content (AvgIpc) is 2.96. The topological polar surface area (TPSA) is 55.7 Å². The van der Waals surface area contributed by atoms with Crippen LogP contribution in [-0.4, -0.2) is 60.5 Å². The Morgan fingerprint density at radius 3 is 2.21 bits per heavy atom. The van der Waals surface area contributed by atoms with E-state index in [9.17, 15) is 0 Å². The van der Waals surface area contributed by atoms with E-state index in [-0.39, 0.29) is 13.2 Å². The van der Waals surface area contributed by atoms with Gasteiger partial charge in [0.05, 0.1) is 13.2 Å². The summed E-state index contributed by atoms with van der Waals surface area (Å²) in [5.41, 5.74) is 0. The summed E-state index contributed by atoms with van der Waals surface area (Å²) in [5.74, 6) is 0. The zero-order valence-electron chi connectivity index (χ0n) is 8.78. The number of nitrogens with zero attached hydrogens (tertiary/aromatic N) is 1. The molecule has 0 radical (unpaired) electrons. The third-order valence-corrected chi connectivity index (χ3v) is 2.49. The number of aliphatic hydroxyl groups is 2. The van der Waals surface area contributed by atoms with Gasteiger partial charge in [0, 0.05) is 19.1 Å². The van der Waals surface area contributed by atoms with Gasteiger partial charge in [0.2, 0.25) is 0 Å². The number of hydrogen-bond acceptors (Lipinski definition) is 4. The van der Waals surface area contributed by atoms with E-state index in [1.807, 2.05) is 0 Å². The van der Waals surface area contributed by atoms with Crippen LogP contribution in [0.25, 0.3) is 0 Å². The number of hydrogen-bond donors (Lipinski definition) is 3. The normalized spacial score (nSPS) is 16.5. The molecule has 4 nitrogen and oxygen atoms in total. The minimum absolute atomic E-state index is 0.177. The summed E-state index contributed by atoms with van der Waals surface area (Å²) in [5, 5.41) is 21.0. The van der Waals surface area contributed by atoms with Crippen molar-refractivity contribution in [3.05, 3.63) is 0 Å². The van der Waals surface area contributed by atoms with Crippen LogP contribution in [0.5, 0.6) is 0 Å². The molecule has 14 heavy (non-hydrogen) atoms. The van der Waals surface area contributed by atoms with Crippen molar-refractivity contribution in [1.82, 2.24) is 10.2 Å². The SMILES string of the molecule is OCCN(CCO)CCCNC1CC1. The van der Waals surface area contributed by atoms with Crippen LogP contribution < -0.4 is 5.32 Å². The average molecular weight is 202 g/mol. The maximum atomic E-state index is 8.78. The summed E-state index contributed by atoms with van der Waals surface area (Å²) in [7, 11) is 0. The van der Waals surface area contributed by atoms with Crippen LogP contribution >= 0.6 is 0 Å². The van der Waals surface area contributed by atoms with E-state index in [2.05, 4.69) is 10.2 Å². The van der Waals surface area contributed by atoms with Gasteiger partial charge >= 0.3 is 0 Å². The van der Waals surface area contributed by atoms with Gasteiger partial charge in [-0.05, 0) is 32.4 Å². The first kappa shape index (κ1) is 11.9. The first-order valence-corrected chi connectivity index (χ1v) is 5.54. The zero-order chi connectivity index (χ0) is 10.2. The van der Waals surface area contributed by atoms with E-state index in [0.717, 1.165) is 25.6 Å². The molecule has 1 fully saturated rings. The zero-order valence-corrected chi connectivity index (χ0v) is 8.78. The van der Waals surface area contributed by atoms with Crippen molar-refractivity contribution >= 4 is 0 Å². The molecule has 4 heteroatoms. The fourth-order valence-corrected chi connectivity index (χ4v) is 1.51. The Morgan fingerprint density at radius 1 is 1.07 bits per heavy atom. The molecule has 0 amide bonds. The molecule has 1 aliphatic rings. The first-order chi connectivity index (χ1) is 6.86. The molecular formula is C10H22N2O2. The second-order valence-corrected chi connectivity index (χ2v) is 3.87. The molecule has 0 aliphatic heterocycles. The lowest BCUT2D eigenvalue weighted by atomic mass is 10.3. The Labute approximate surface area is 85.9 Å². The smallest absolute Gasteiger partial charge is 0.0558 e. The Balaban J connectivity index is 1.93. The van der Waals surface area contributed by atoms with Crippen LogP contribution in [0, 0.1) is 0 Å². The lowest BCUT2D eigenvalue weighted by Crippen LogP contribution is -2.32. The van der Waals surface area contributed by atoms with E-state index in [1.165, 1.54) is 12.8 Å². The van der Waals surface area contributed by atoms with Crippen molar-refractivity contribution < 1.29 is 10.2 Å². The van der Waals surface area contributed by atoms with Crippen molar-refractivity contribution in [2.24, 2.45) is 0 Å². The van der Waals surface area contributed by atoms with Crippen molar-refractivity contribution in [3.8, 4) is 0 Å². The Bertz CT molecular complexity index is 134. The summed E-state index contributed by atoms with van der Waals surface area (Å²) < 4.78 is 0. The molecule has 0 saturated heterocycles. The van der Waals surface area contributed by atoms with E-state index >= 15 is 0 Å². The van der Waals surface area contributed by atoms with Crippen molar-refractivity contribution in [3.63, 3.8) is 0 Å². The van der Waals surface area contributed by atoms with Crippen LogP contribution in [0.15, 0.2) is 0 Å². The Morgan fingerprint density at radius 2 is 1.71 bits per heavy atom. The van der Waals surface area contributed by atoms with Crippen LogP contribution in [0.1, 0.15) is 19.3 Å². The highest BCUT2D eigenvalue weighted by molar-refractivity contribution is 4.80. The minimum Gasteiger partial charge on any atom is -0.395 e. The quantitative estimate of drug-likeness (QED) is 0.438. The van der Waals surface area contributed by atoms with Crippen LogP contribution in [-0.2, 0) is 0 Å². The van der Waals surface area contributed by atoms with Crippen LogP contribution in [0.3, 0.4) is 0 Å². The van der Waals surface area contributed by atoms with Gasteiger partial charge in [-0.25, -0.2) is 0 Å². The molecule has 1 aliphatic carbocycles. The summed E-state index contributed by atoms with van der Waals surface area (Å²) in [6, 6.07) is 0.777.